The molecule has 0 aromatic heterocycles. The maximum atomic E-state index is 12.0. The van der Waals surface area contributed by atoms with Crippen molar-refractivity contribution < 1.29 is 4.79 Å². The molecule has 0 saturated carbocycles. The van der Waals surface area contributed by atoms with Gasteiger partial charge in [-0.3, -0.25) is 4.79 Å². The van der Waals surface area contributed by atoms with Crippen LogP contribution in [0.4, 0.5) is 0 Å². The second kappa shape index (κ2) is 9.00. The van der Waals surface area contributed by atoms with Gasteiger partial charge in [0.25, 0.3) is 0 Å². The summed E-state index contributed by atoms with van der Waals surface area (Å²) in [6.07, 6.45) is 1.82. The first-order chi connectivity index (χ1) is 10.8. The number of benzene rings is 2. The van der Waals surface area contributed by atoms with Gasteiger partial charge in [0.1, 0.15) is 0 Å². The smallest absolute Gasteiger partial charge is 0.234 e. The van der Waals surface area contributed by atoms with Crippen LogP contribution in [-0.2, 0) is 11.2 Å². The molecule has 2 N–H and O–H groups in total. The lowest BCUT2D eigenvalue weighted by Crippen LogP contribution is -2.36. The Bertz CT molecular complexity index is 554. The first kappa shape index (κ1) is 16.2. The lowest BCUT2D eigenvalue weighted by atomic mass is 10.0. The van der Waals surface area contributed by atoms with Crippen LogP contribution in [0.5, 0.6) is 0 Å². The maximum absolute atomic E-state index is 12.0. The van der Waals surface area contributed by atoms with E-state index in [0.717, 1.165) is 24.9 Å². The Balaban J connectivity index is 1.71. The Morgan fingerprint density at radius 2 is 1.64 bits per heavy atom. The van der Waals surface area contributed by atoms with E-state index in [9.17, 15) is 4.79 Å². The second-order valence-corrected chi connectivity index (χ2v) is 5.35. The molecule has 0 bridgehead atoms. The molecule has 1 amide bonds. The van der Waals surface area contributed by atoms with Crippen LogP contribution >= 0.6 is 0 Å². The molecule has 116 valence electrons. The van der Waals surface area contributed by atoms with Crippen molar-refractivity contribution in [3.8, 4) is 0 Å². The molecule has 0 saturated heterocycles. The molecule has 1 unspecified atom stereocenters. The van der Waals surface area contributed by atoms with E-state index in [2.05, 4.69) is 41.8 Å². The zero-order valence-electron chi connectivity index (χ0n) is 13.1. The van der Waals surface area contributed by atoms with Gasteiger partial charge in [0.15, 0.2) is 0 Å². The van der Waals surface area contributed by atoms with Gasteiger partial charge in [0, 0.05) is 0 Å². The van der Waals surface area contributed by atoms with Crippen LogP contribution < -0.4 is 10.6 Å². The van der Waals surface area contributed by atoms with E-state index in [-0.39, 0.29) is 11.9 Å². The standard InChI is InChI=1S/C19H24N2O/c1-2-18(17-11-7-4-8-12-17)21-19(22)15-20-14-13-16-9-5-3-6-10-16/h3-12,18,20H,2,13-15H2,1H3,(H,21,22). The Morgan fingerprint density at radius 1 is 1.00 bits per heavy atom. The van der Waals surface area contributed by atoms with E-state index in [4.69, 9.17) is 0 Å². The quantitative estimate of drug-likeness (QED) is 0.735. The topological polar surface area (TPSA) is 41.1 Å². The molecule has 3 nitrogen and oxygen atoms in total. The van der Waals surface area contributed by atoms with E-state index >= 15 is 0 Å². The highest BCUT2D eigenvalue weighted by molar-refractivity contribution is 5.78. The molecule has 0 heterocycles. The van der Waals surface area contributed by atoms with Gasteiger partial charge < -0.3 is 10.6 Å². The normalized spacial score (nSPS) is 11.9. The Hall–Kier alpha value is -2.13. The number of nitrogens with one attached hydrogen (secondary N) is 2. The highest BCUT2D eigenvalue weighted by atomic mass is 16.1. The summed E-state index contributed by atoms with van der Waals surface area (Å²) in [5.41, 5.74) is 2.44. The highest BCUT2D eigenvalue weighted by Crippen LogP contribution is 2.15. The molecule has 0 radical (unpaired) electrons. The lowest BCUT2D eigenvalue weighted by molar-refractivity contribution is -0.121. The number of rotatable bonds is 8. The molecular formula is C19H24N2O. The average Bonchev–Trinajstić information content (AvgIpc) is 2.58. The molecule has 22 heavy (non-hydrogen) atoms. The molecule has 3 heteroatoms. The summed E-state index contributed by atoms with van der Waals surface area (Å²) in [6, 6.07) is 20.5. The van der Waals surface area contributed by atoms with Gasteiger partial charge in [0.05, 0.1) is 12.6 Å². The van der Waals surface area contributed by atoms with Crippen molar-refractivity contribution in [1.29, 1.82) is 0 Å². The number of carbonyl (C=O) groups is 1. The minimum absolute atomic E-state index is 0.0452. The summed E-state index contributed by atoms with van der Waals surface area (Å²) in [5, 5.41) is 6.28. The molecule has 2 rings (SSSR count). The van der Waals surface area contributed by atoms with Crippen molar-refractivity contribution in [3.05, 3.63) is 71.8 Å². The summed E-state index contributed by atoms with van der Waals surface area (Å²) < 4.78 is 0. The van der Waals surface area contributed by atoms with Gasteiger partial charge in [0.2, 0.25) is 5.91 Å². The molecular weight excluding hydrogens is 272 g/mol. The SMILES string of the molecule is CCC(NC(=O)CNCCc1ccccc1)c1ccccc1. The zero-order valence-corrected chi connectivity index (χ0v) is 13.1. The Morgan fingerprint density at radius 3 is 2.27 bits per heavy atom. The van der Waals surface area contributed by atoms with Gasteiger partial charge in [-0.15, -0.1) is 0 Å². The van der Waals surface area contributed by atoms with Crippen LogP contribution in [0.25, 0.3) is 0 Å². The van der Waals surface area contributed by atoms with Crippen LogP contribution in [0.1, 0.15) is 30.5 Å². The maximum Gasteiger partial charge on any atom is 0.234 e. The summed E-state index contributed by atoms with van der Waals surface area (Å²) >= 11 is 0. The van der Waals surface area contributed by atoms with E-state index in [1.54, 1.807) is 0 Å². The van der Waals surface area contributed by atoms with Crippen molar-refractivity contribution in [2.45, 2.75) is 25.8 Å². The van der Waals surface area contributed by atoms with Crippen molar-refractivity contribution in [2.24, 2.45) is 0 Å². The van der Waals surface area contributed by atoms with Gasteiger partial charge in [-0.05, 0) is 30.5 Å². The second-order valence-electron chi connectivity index (χ2n) is 5.35. The third kappa shape index (κ3) is 5.34. The largest absolute Gasteiger partial charge is 0.348 e. The van der Waals surface area contributed by atoms with Crippen molar-refractivity contribution in [3.63, 3.8) is 0 Å². The number of hydrogen-bond donors (Lipinski definition) is 2. The fourth-order valence-corrected chi connectivity index (χ4v) is 2.43. The van der Waals surface area contributed by atoms with Crippen LogP contribution in [0.2, 0.25) is 0 Å². The minimum atomic E-state index is 0.0452. The first-order valence-corrected chi connectivity index (χ1v) is 7.88. The van der Waals surface area contributed by atoms with E-state index < -0.39 is 0 Å². The van der Waals surface area contributed by atoms with Crippen molar-refractivity contribution in [1.82, 2.24) is 10.6 Å². The predicted octanol–water partition coefficient (Wildman–Crippen LogP) is 3.09. The van der Waals surface area contributed by atoms with Gasteiger partial charge in [-0.25, -0.2) is 0 Å². The number of hydrogen-bond acceptors (Lipinski definition) is 2. The van der Waals surface area contributed by atoms with E-state index in [1.165, 1.54) is 5.56 Å². The number of amides is 1. The molecule has 0 spiro atoms. The average molecular weight is 296 g/mol. The third-order valence-corrected chi connectivity index (χ3v) is 3.66. The van der Waals surface area contributed by atoms with E-state index in [1.807, 2.05) is 36.4 Å². The Labute approximate surface area is 132 Å². The van der Waals surface area contributed by atoms with Crippen molar-refractivity contribution >= 4 is 5.91 Å². The summed E-state index contributed by atoms with van der Waals surface area (Å²) in [6.45, 7) is 3.25. The third-order valence-electron chi connectivity index (χ3n) is 3.66. The van der Waals surface area contributed by atoms with Crippen LogP contribution in [0.15, 0.2) is 60.7 Å². The van der Waals surface area contributed by atoms with Crippen LogP contribution in [0, 0.1) is 0 Å². The van der Waals surface area contributed by atoms with Crippen LogP contribution in [0.3, 0.4) is 0 Å². The van der Waals surface area contributed by atoms with E-state index in [0.29, 0.717) is 6.54 Å². The molecule has 2 aromatic carbocycles. The summed E-state index contributed by atoms with van der Waals surface area (Å²) in [5.74, 6) is 0.0452. The molecule has 0 aliphatic heterocycles. The predicted molar refractivity (Wildman–Crippen MR) is 90.6 cm³/mol. The molecule has 1 atom stereocenters. The fourth-order valence-electron chi connectivity index (χ4n) is 2.43. The van der Waals surface area contributed by atoms with Gasteiger partial charge >= 0.3 is 0 Å². The fraction of sp³-hybridized carbons (Fsp3) is 0.316. The molecule has 0 aliphatic carbocycles. The van der Waals surface area contributed by atoms with Gasteiger partial charge in [-0.2, -0.15) is 0 Å². The van der Waals surface area contributed by atoms with Crippen LogP contribution in [-0.4, -0.2) is 19.0 Å². The summed E-state index contributed by atoms with van der Waals surface area (Å²) in [4.78, 5) is 12.0. The minimum Gasteiger partial charge on any atom is -0.348 e. The Kier molecular flexibility index (Phi) is 6.65. The molecule has 0 fully saturated rings. The first-order valence-electron chi connectivity index (χ1n) is 7.88. The molecule has 2 aromatic rings. The highest BCUT2D eigenvalue weighted by Gasteiger charge is 2.11. The zero-order chi connectivity index (χ0) is 15.6. The number of carbonyl (C=O) groups excluding carboxylic acids is 1. The lowest BCUT2D eigenvalue weighted by Gasteiger charge is -2.17. The summed E-state index contributed by atoms with van der Waals surface area (Å²) in [7, 11) is 0. The van der Waals surface area contributed by atoms with Gasteiger partial charge in [-0.1, -0.05) is 67.6 Å². The van der Waals surface area contributed by atoms with Crippen molar-refractivity contribution in [2.75, 3.05) is 13.1 Å². The monoisotopic (exact) mass is 296 g/mol. The molecule has 0 aliphatic rings.